The molecular formula is C17H16N6O5S2. The standard InChI is InChI=1S/C17H16N6O5S2/c1-9-19-16(29)23(22-9)8-13(24)21-18-7-10-2-4-11(5-3-10)28-14(25)6-12-15(26)20-17(27)30-12/h2-5,7,12H,6,8H2,1H3,(H,21,24)(H,19,22,29)(H,20,26,27)/b18-7+/t12-/m1/s1. The van der Waals surface area contributed by atoms with E-state index in [1.165, 1.54) is 10.9 Å². The Bertz CT molecular complexity index is 1080. The fourth-order valence-electron chi connectivity index (χ4n) is 2.41. The Hall–Kier alpha value is -3.32. The number of imide groups is 1. The van der Waals surface area contributed by atoms with Gasteiger partial charge in [0.1, 0.15) is 23.4 Å². The SMILES string of the molecule is Cc1nc(=S)n(CC(=O)N/N=C/c2ccc(OC(=O)C[C@H]3SC(=O)NC3=O)cc2)[nH]1. The summed E-state index contributed by atoms with van der Waals surface area (Å²) in [5.41, 5.74) is 3.03. The van der Waals surface area contributed by atoms with Crippen LogP contribution in [0.15, 0.2) is 29.4 Å². The molecule has 0 bridgehead atoms. The van der Waals surface area contributed by atoms with Crippen molar-refractivity contribution in [1.29, 1.82) is 0 Å². The largest absolute Gasteiger partial charge is 0.426 e. The average Bonchev–Trinajstić information content (AvgIpc) is 3.15. The van der Waals surface area contributed by atoms with Crippen LogP contribution in [0.3, 0.4) is 0 Å². The number of carbonyl (C=O) groups is 4. The first-order chi connectivity index (χ1) is 14.3. The molecule has 1 aromatic heterocycles. The number of hydrazone groups is 1. The Kier molecular flexibility index (Phi) is 6.74. The minimum Gasteiger partial charge on any atom is -0.426 e. The van der Waals surface area contributed by atoms with E-state index in [9.17, 15) is 19.2 Å². The summed E-state index contributed by atoms with van der Waals surface area (Å²) in [5.74, 6) is -0.626. The molecule has 0 saturated carbocycles. The van der Waals surface area contributed by atoms with Gasteiger partial charge >= 0.3 is 5.97 Å². The number of rotatable bonds is 7. The van der Waals surface area contributed by atoms with Gasteiger partial charge in [-0.25, -0.2) is 10.4 Å². The molecular weight excluding hydrogens is 432 g/mol. The zero-order valence-electron chi connectivity index (χ0n) is 15.6. The smallest absolute Gasteiger partial charge is 0.312 e. The summed E-state index contributed by atoms with van der Waals surface area (Å²) in [7, 11) is 0. The summed E-state index contributed by atoms with van der Waals surface area (Å²) in [6, 6.07) is 6.35. The molecule has 1 aromatic carbocycles. The number of amides is 3. The predicted molar refractivity (Wildman–Crippen MR) is 109 cm³/mol. The van der Waals surface area contributed by atoms with Crippen LogP contribution in [-0.4, -0.2) is 49.3 Å². The highest BCUT2D eigenvalue weighted by Crippen LogP contribution is 2.23. The maximum absolute atomic E-state index is 11.9. The number of aromatic nitrogens is 3. The van der Waals surface area contributed by atoms with Crippen LogP contribution in [0.1, 0.15) is 17.8 Å². The van der Waals surface area contributed by atoms with Crippen molar-refractivity contribution in [2.45, 2.75) is 25.1 Å². The van der Waals surface area contributed by atoms with E-state index in [1.807, 2.05) is 0 Å². The zero-order chi connectivity index (χ0) is 21.7. The number of nitrogens with zero attached hydrogens (tertiary/aromatic N) is 3. The number of aromatic amines is 1. The number of nitrogens with one attached hydrogen (secondary N) is 3. The minimum absolute atomic E-state index is 0.0468. The molecule has 3 N–H and O–H groups in total. The minimum atomic E-state index is -0.777. The van der Waals surface area contributed by atoms with Gasteiger partial charge in [0.2, 0.25) is 10.7 Å². The Morgan fingerprint density at radius 3 is 2.70 bits per heavy atom. The van der Waals surface area contributed by atoms with Crippen LogP contribution in [0.5, 0.6) is 5.75 Å². The lowest BCUT2D eigenvalue weighted by atomic mass is 10.2. The van der Waals surface area contributed by atoms with Gasteiger partial charge in [-0.1, -0.05) is 11.8 Å². The second kappa shape index (κ2) is 9.45. The number of H-pyrrole nitrogens is 1. The molecule has 0 aliphatic carbocycles. The van der Waals surface area contributed by atoms with Crippen LogP contribution in [0.25, 0.3) is 0 Å². The maximum Gasteiger partial charge on any atom is 0.312 e. The van der Waals surface area contributed by atoms with Gasteiger partial charge in [-0.05, 0) is 49.0 Å². The van der Waals surface area contributed by atoms with E-state index in [-0.39, 0.29) is 29.4 Å². The van der Waals surface area contributed by atoms with E-state index in [0.29, 0.717) is 11.4 Å². The van der Waals surface area contributed by atoms with Crippen LogP contribution in [-0.2, 0) is 20.9 Å². The van der Waals surface area contributed by atoms with Crippen molar-refractivity contribution in [2.75, 3.05) is 0 Å². The van der Waals surface area contributed by atoms with Gasteiger partial charge in [-0.2, -0.15) is 5.10 Å². The third-order valence-corrected chi connectivity index (χ3v) is 5.02. The van der Waals surface area contributed by atoms with Crippen LogP contribution in [0.4, 0.5) is 4.79 Å². The van der Waals surface area contributed by atoms with E-state index in [2.05, 4.69) is 25.9 Å². The molecule has 1 fully saturated rings. The molecule has 0 radical (unpaired) electrons. The van der Waals surface area contributed by atoms with E-state index in [4.69, 9.17) is 17.0 Å². The number of aryl methyl sites for hydroxylation is 1. The molecule has 1 aliphatic heterocycles. The molecule has 0 unspecified atom stereocenters. The van der Waals surface area contributed by atoms with Gasteiger partial charge in [0.25, 0.3) is 11.1 Å². The van der Waals surface area contributed by atoms with E-state index >= 15 is 0 Å². The number of esters is 1. The van der Waals surface area contributed by atoms with Crippen molar-refractivity contribution < 1.29 is 23.9 Å². The van der Waals surface area contributed by atoms with Gasteiger partial charge in [0.05, 0.1) is 12.6 Å². The summed E-state index contributed by atoms with van der Waals surface area (Å²) in [5, 5.41) is 7.55. The summed E-state index contributed by atoms with van der Waals surface area (Å²) in [4.78, 5) is 50.4. The molecule has 1 atom stereocenters. The van der Waals surface area contributed by atoms with Crippen LogP contribution in [0, 0.1) is 11.7 Å². The topological polar surface area (TPSA) is 148 Å². The lowest BCUT2D eigenvalue weighted by Crippen LogP contribution is -2.27. The third kappa shape index (κ3) is 5.84. The molecule has 1 saturated heterocycles. The number of carbonyl (C=O) groups excluding carboxylic acids is 4. The number of hydrogen-bond donors (Lipinski definition) is 3. The number of thioether (sulfide) groups is 1. The van der Waals surface area contributed by atoms with Crippen LogP contribution in [0.2, 0.25) is 0 Å². The third-order valence-electron chi connectivity index (χ3n) is 3.73. The van der Waals surface area contributed by atoms with Gasteiger partial charge in [0.15, 0.2) is 0 Å². The van der Waals surface area contributed by atoms with Crippen molar-refractivity contribution in [3.05, 3.63) is 40.4 Å². The monoisotopic (exact) mass is 448 g/mol. The first-order valence-corrected chi connectivity index (χ1v) is 9.86. The first-order valence-electron chi connectivity index (χ1n) is 8.58. The van der Waals surface area contributed by atoms with Crippen LogP contribution >= 0.6 is 24.0 Å². The summed E-state index contributed by atoms with van der Waals surface area (Å²) in [6.07, 6.45) is 1.21. The number of ether oxygens (including phenoxy) is 1. The number of hydrogen-bond acceptors (Lipinski definition) is 9. The lowest BCUT2D eigenvalue weighted by molar-refractivity contribution is -0.135. The first kappa shape index (κ1) is 21.4. The summed E-state index contributed by atoms with van der Waals surface area (Å²) < 4.78 is 6.85. The Morgan fingerprint density at radius 2 is 2.10 bits per heavy atom. The maximum atomic E-state index is 11.9. The van der Waals surface area contributed by atoms with E-state index in [0.717, 1.165) is 11.8 Å². The molecule has 30 heavy (non-hydrogen) atoms. The summed E-state index contributed by atoms with van der Waals surface area (Å²) in [6.45, 7) is 1.68. The summed E-state index contributed by atoms with van der Waals surface area (Å²) >= 11 is 5.77. The quantitative estimate of drug-likeness (QED) is 0.187. The number of benzene rings is 1. The molecule has 1 aliphatic rings. The Morgan fingerprint density at radius 1 is 1.37 bits per heavy atom. The Labute approximate surface area is 179 Å². The van der Waals surface area contributed by atoms with E-state index < -0.39 is 22.4 Å². The Balaban J connectivity index is 1.46. The predicted octanol–water partition coefficient (Wildman–Crippen LogP) is 1.05. The average molecular weight is 448 g/mol. The second-order valence-electron chi connectivity index (χ2n) is 6.10. The highest BCUT2D eigenvalue weighted by Gasteiger charge is 2.33. The van der Waals surface area contributed by atoms with Crippen molar-refractivity contribution >= 4 is 53.2 Å². The normalized spacial score (nSPS) is 16.0. The molecule has 2 aromatic rings. The molecule has 2 heterocycles. The van der Waals surface area contributed by atoms with E-state index in [1.54, 1.807) is 31.2 Å². The molecule has 156 valence electrons. The molecule has 13 heteroatoms. The zero-order valence-corrected chi connectivity index (χ0v) is 17.2. The van der Waals surface area contributed by atoms with Crippen molar-refractivity contribution in [3.8, 4) is 5.75 Å². The van der Waals surface area contributed by atoms with Gasteiger partial charge in [0, 0.05) is 0 Å². The molecule has 11 nitrogen and oxygen atoms in total. The lowest BCUT2D eigenvalue weighted by Gasteiger charge is -2.06. The highest BCUT2D eigenvalue weighted by atomic mass is 32.2. The van der Waals surface area contributed by atoms with Crippen LogP contribution < -0.4 is 15.5 Å². The highest BCUT2D eigenvalue weighted by molar-refractivity contribution is 8.15. The fourth-order valence-corrected chi connectivity index (χ4v) is 3.46. The fraction of sp³-hybridized carbons (Fsp3) is 0.235. The molecule has 3 rings (SSSR count). The second-order valence-corrected chi connectivity index (χ2v) is 7.64. The van der Waals surface area contributed by atoms with Gasteiger partial charge in [-0.3, -0.25) is 34.3 Å². The molecule has 0 spiro atoms. The van der Waals surface area contributed by atoms with Crippen molar-refractivity contribution in [3.63, 3.8) is 0 Å². The van der Waals surface area contributed by atoms with Crippen molar-refractivity contribution in [1.82, 2.24) is 25.5 Å². The van der Waals surface area contributed by atoms with Gasteiger partial charge in [-0.15, -0.1) is 0 Å². The van der Waals surface area contributed by atoms with Gasteiger partial charge < -0.3 is 4.74 Å². The molecule has 3 amide bonds. The van der Waals surface area contributed by atoms with Crippen molar-refractivity contribution in [2.24, 2.45) is 5.10 Å².